The van der Waals surface area contributed by atoms with Crippen LogP contribution in [0.5, 0.6) is 0 Å². The summed E-state index contributed by atoms with van der Waals surface area (Å²) in [5, 5.41) is 24.2. The largest absolute Gasteiger partial charge is 0.481 e. The number of unbranched alkanes of at least 4 members (excludes halogenated alkanes) is 1. The van der Waals surface area contributed by atoms with Gasteiger partial charge in [-0.2, -0.15) is 0 Å². The van der Waals surface area contributed by atoms with E-state index in [-0.39, 0.29) is 141 Å². The van der Waals surface area contributed by atoms with Crippen LogP contribution in [-0.2, 0) is 120 Å². The molecule has 0 radical (unpaired) electrons. The summed E-state index contributed by atoms with van der Waals surface area (Å²) < 4.78 is 62.1. The molecule has 6 amide bonds. The number of rotatable bonds is 51. The predicted octanol–water partition coefficient (Wildman–Crippen LogP) is -0.227. The second-order valence-electron chi connectivity index (χ2n) is 23.5. The van der Waals surface area contributed by atoms with Crippen molar-refractivity contribution >= 4 is 64.3 Å². The number of carboxylic acids is 1. The van der Waals surface area contributed by atoms with Gasteiger partial charge in [0.1, 0.15) is 30.8 Å². The molecule has 5 atom stereocenters. The zero-order valence-electron chi connectivity index (χ0n) is 57.2. The van der Waals surface area contributed by atoms with E-state index in [0.717, 1.165) is 26.9 Å². The zero-order valence-corrected chi connectivity index (χ0v) is 57.2. The molecule has 10 N–H and O–H groups in total. The molecule has 6 rings (SSSR count). The van der Waals surface area contributed by atoms with Crippen molar-refractivity contribution in [3.8, 4) is 11.4 Å². The van der Waals surface area contributed by atoms with Gasteiger partial charge in [-0.25, -0.2) is 14.6 Å². The maximum absolute atomic E-state index is 14.2. The quantitative estimate of drug-likeness (QED) is 0.0209. The Balaban J connectivity index is 0.872. The first-order valence-corrected chi connectivity index (χ1v) is 34.1. The number of fused-ring (bicyclic) bond motifs is 5. The van der Waals surface area contributed by atoms with E-state index in [1.807, 2.05) is 31.2 Å². The second kappa shape index (κ2) is 43.8. The van der Waals surface area contributed by atoms with E-state index in [1.165, 1.54) is 6.92 Å². The van der Waals surface area contributed by atoms with Crippen molar-refractivity contribution in [2.24, 2.45) is 11.5 Å². The number of nitrogens with zero attached hydrogens (tertiary/aromatic N) is 3. The van der Waals surface area contributed by atoms with E-state index in [1.54, 1.807) is 17.6 Å². The molecule has 0 spiro atoms. The molecule has 1 aromatic carbocycles. The summed E-state index contributed by atoms with van der Waals surface area (Å²) in [6, 6.07) is 4.37. The summed E-state index contributed by atoms with van der Waals surface area (Å²) >= 11 is 0. The lowest BCUT2D eigenvalue weighted by atomic mass is 9.85. The molecule has 32 heteroatoms. The molecule has 3 aromatic rings. The second-order valence-corrected chi connectivity index (χ2v) is 23.5. The summed E-state index contributed by atoms with van der Waals surface area (Å²) in [5.41, 5.74) is 12.3. The number of hydrogen-bond acceptors (Lipinski definition) is 24. The molecule has 32 nitrogen and oxygen atoms in total. The van der Waals surface area contributed by atoms with Crippen LogP contribution in [0.25, 0.3) is 22.3 Å². The van der Waals surface area contributed by atoms with Gasteiger partial charge >= 0.3 is 17.9 Å². The number of aromatic nitrogens is 2. The van der Waals surface area contributed by atoms with Crippen LogP contribution in [0.15, 0.2) is 35.1 Å². The van der Waals surface area contributed by atoms with Gasteiger partial charge in [0.05, 0.1) is 154 Å². The number of hydrogen-bond donors (Lipinski definition) is 8. The summed E-state index contributed by atoms with van der Waals surface area (Å²) in [4.78, 5) is 140. The number of aryl methyl sites for hydroxylation is 1. The Kier molecular flexibility index (Phi) is 35.5. The number of nitrogens with two attached hydrogens (primary N) is 2. The van der Waals surface area contributed by atoms with E-state index in [4.69, 9.17) is 68.6 Å². The van der Waals surface area contributed by atoms with Crippen LogP contribution in [0.2, 0.25) is 0 Å². The number of benzene rings is 1. The third-order valence-corrected chi connectivity index (χ3v) is 16.5. The third kappa shape index (κ3) is 25.2. The van der Waals surface area contributed by atoms with Crippen LogP contribution in [0.4, 0.5) is 0 Å². The Morgan fingerprint density at radius 1 is 0.677 bits per heavy atom. The summed E-state index contributed by atoms with van der Waals surface area (Å²) in [7, 11) is 0. The molecule has 3 aliphatic rings. The Morgan fingerprint density at radius 3 is 1.81 bits per heavy atom. The van der Waals surface area contributed by atoms with E-state index in [2.05, 4.69) is 26.6 Å². The minimum absolute atomic E-state index is 0.0127. The lowest BCUT2D eigenvalue weighted by Gasteiger charge is -2.36. The standard InChI is InChI=1S/C67H100N10O22/c1-4-46-47-11-6-7-12-51(47)75-60-48(46)43-77-55(60)41-50-49(63(77)85)44-98-66(88)67(50,5-2)99-65(87)45(3)72-62(84)54-14-10-22-76(54)64(86)53(42-59(81)82)74-58(80)17-25-91-31-37-97-40-34-94-28-21-71-61(83)52(73-57(79)16-24-90-30-36-96-39-33-93-27-19-69)13-8-9-20-70-56(78)15-23-89-29-35-95-38-32-92-26-18-68/h6-7,11-12,41,45,52-54H,4-5,8-10,13-40,42-44,68-69H2,1-3H3,(H,70,78)(H,71,83)(H,72,84)(H,73,79)(H,74,80)(H,81,82)/t45-,52-,53-,54-,67-/m0/s1. The maximum Gasteiger partial charge on any atom is 0.355 e. The summed E-state index contributed by atoms with van der Waals surface area (Å²) in [6.07, 6.45) is 1.55. The monoisotopic (exact) mass is 1400 g/mol. The van der Waals surface area contributed by atoms with Crippen molar-refractivity contribution in [3.63, 3.8) is 0 Å². The number of aliphatic carboxylic acids is 1. The van der Waals surface area contributed by atoms with Gasteiger partial charge in [-0.3, -0.25) is 38.4 Å². The van der Waals surface area contributed by atoms with Crippen molar-refractivity contribution in [1.82, 2.24) is 41.0 Å². The fourth-order valence-corrected chi connectivity index (χ4v) is 11.4. The van der Waals surface area contributed by atoms with Crippen molar-refractivity contribution in [2.45, 2.75) is 134 Å². The minimum Gasteiger partial charge on any atom is -0.481 e. The molecule has 1 saturated heterocycles. The first-order valence-electron chi connectivity index (χ1n) is 34.1. The Labute approximate surface area is 575 Å². The van der Waals surface area contributed by atoms with Gasteiger partial charge in [-0.15, -0.1) is 0 Å². The molecule has 0 bridgehead atoms. The average Bonchev–Trinajstić information content (AvgIpc) is 1.64. The van der Waals surface area contributed by atoms with Gasteiger partial charge < -0.3 is 105 Å². The van der Waals surface area contributed by atoms with Gasteiger partial charge in [0, 0.05) is 68.5 Å². The smallest absolute Gasteiger partial charge is 0.355 e. The highest BCUT2D eigenvalue weighted by atomic mass is 16.6. The van der Waals surface area contributed by atoms with Crippen molar-refractivity contribution in [2.75, 3.05) is 152 Å². The number of carboxylic acid groups (broad SMARTS) is 1. The van der Waals surface area contributed by atoms with E-state index >= 15 is 0 Å². The number of para-hydroxylation sites is 1. The van der Waals surface area contributed by atoms with Crippen LogP contribution >= 0.6 is 0 Å². The van der Waals surface area contributed by atoms with Crippen LogP contribution in [0.1, 0.15) is 107 Å². The van der Waals surface area contributed by atoms with Crippen molar-refractivity contribution < 1.29 is 100 Å². The molecule has 2 aromatic heterocycles. The van der Waals surface area contributed by atoms with Crippen LogP contribution in [0.3, 0.4) is 0 Å². The number of nitrogens with one attached hydrogen (secondary N) is 5. The molecule has 0 unspecified atom stereocenters. The van der Waals surface area contributed by atoms with Crippen LogP contribution < -0.4 is 43.6 Å². The lowest BCUT2D eigenvalue weighted by Crippen LogP contribution is -2.56. The van der Waals surface area contributed by atoms with Gasteiger partial charge in [0.15, 0.2) is 0 Å². The molecule has 3 aliphatic heterocycles. The highest BCUT2D eigenvalue weighted by Gasteiger charge is 2.51. The topological polar surface area (TPSA) is 426 Å². The molecule has 550 valence electrons. The van der Waals surface area contributed by atoms with Gasteiger partial charge in [0.2, 0.25) is 41.0 Å². The highest BCUT2D eigenvalue weighted by Crippen LogP contribution is 2.42. The molecule has 1 fully saturated rings. The number of carbonyl (C=O) groups is 9. The average molecular weight is 1400 g/mol. The Hall–Kier alpha value is -7.63. The molecule has 0 saturated carbocycles. The molecule has 5 heterocycles. The molecular weight excluding hydrogens is 1300 g/mol. The number of likely N-dealkylation sites (tertiary alicyclic amines) is 1. The molecule has 0 aliphatic carbocycles. The Bertz CT molecular complexity index is 3190. The lowest BCUT2D eigenvalue weighted by molar-refractivity contribution is -0.190. The normalized spacial score (nSPS) is 16.2. The number of amides is 6. The number of ether oxygens (including phenoxy) is 11. The van der Waals surface area contributed by atoms with Gasteiger partial charge in [0.25, 0.3) is 5.56 Å². The van der Waals surface area contributed by atoms with Gasteiger partial charge in [-0.1, -0.05) is 32.0 Å². The van der Waals surface area contributed by atoms with Crippen LogP contribution in [0, 0.1) is 0 Å². The molecular formula is C67H100N10O22. The van der Waals surface area contributed by atoms with Crippen molar-refractivity contribution in [1.29, 1.82) is 0 Å². The fraction of sp³-hybridized carbons (Fsp3) is 0.657. The third-order valence-electron chi connectivity index (χ3n) is 16.5. The maximum atomic E-state index is 14.2. The Morgan fingerprint density at radius 2 is 1.23 bits per heavy atom. The van der Waals surface area contributed by atoms with Crippen LogP contribution in [-0.4, -0.2) is 249 Å². The minimum atomic E-state index is -2.07. The first-order chi connectivity index (χ1) is 48.0. The van der Waals surface area contributed by atoms with Crippen molar-refractivity contribution in [3.05, 3.63) is 62.9 Å². The highest BCUT2D eigenvalue weighted by molar-refractivity contribution is 5.96. The summed E-state index contributed by atoms with van der Waals surface area (Å²) in [5.74, 6) is -6.56. The van der Waals surface area contributed by atoms with E-state index in [9.17, 15) is 53.1 Å². The number of carbonyl (C=O) groups excluding carboxylic acids is 8. The number of cyclic esters (lactones) is 1. The summed E-state index contributed by atoms with van der Waals surface area (Å²) in [6.45, 7) is 11.0. The number of esters is 2. The molecule has 99 heavy (non-hydrogen) atoms. The number of pyridine rings is 2. The predicted molar refractivity (Wildman–Crippen MR) is 355 cm³/mol. The van der Waals surface area contributed by atoms with E-state index in [0.29, 0.717) is 123 Å². The fourth-order valence-electron chi connectivity index (χ4n) is 11.4. The zero-order chi connectivity index (χ0) is 71.4. The first kappa shape index (κ1) is 80.3. The van der Waals surface area contributed by atoms with E-state index < -0.39 is 83.3 Å². The SMILES string of the molecule is CCc1c2c(nc3ccccc13)-c1cc3c(c(=O)n1C2)COC(=O)[C@@]3(CC)OC(=O)[C@H](C)NC(=O)[C@@H]1CCCN1C(=O)[C@H](CC(=O)O)NC(=O)CCOCCOCCOCCNC(=O)[C@H](CCCCNC(=O)CCOCCOCCOCCN)NC(=O)CCOCCOCCOCCN. The van der Waals surface area contributed by atoms with Gasteiger partial charge in [-0.05, 0) is 69.6 Å².